The molecule has 3 fully saturated rings. The monoisotopic (exact) mass is 183 g/mol. The van der Waals surface area contributed by atoms with E-state index in [0.29, 0.717) is 12.0 Å². The van der Waals surface area contributed by atoms with Gasteiger partial charge in [0, 0.05) is 25.6 Å². The summed E-state index contributed by atoms with van der Waals surface area (Å²) in [5, 5.41) is 9.71. The molecule has 3 rings (SSSR count). The number of hydrogen-bond acceptors (Lipinski definition) is 3. The number of aliphatic hydroxyl groups is 1. The van der Waals surface area contributed by atoms with E-state index in [0.717, 1.165) is 32.0 Å². The molecule has 0 aromatic heterocycles. The second-order valence-electron chi connectivity index (χ2n) is 4.74. The minimum atomic E-state index is -0.0184. The summed E-state index contributed by atoms with van der Waals surface area (Å²) in [5.74, 6) is 1.34. The molecule has 2 saturated heterocycles. The van der Waals surface area contributed by atoms with Crippen LogP contribution < -0.4 is 0 Å². The molecule has 0 amide bonds. The molecule has 1 saturated carbocycles. The van der Waals surface area contributed by atoms with Crippen LogP contribution in [0.3, 0.4) is 0 Å². The number of ether oxygens (including phenoxy) is 1. The maximum Gasteiger partial charge on any atom is 0.0936 e. The summed E-state index contributed by atoms with van der Waals surface area (Å²) in [7, 11) is 0. The first kappa shape index (κ1) is 8.21. The lowest BCUT2D eigenvalue weighted by Gasteiger charge is -2.16. The van der Waals surface area contributed by atoms with Crippen molar-refractivity contribution < 1.29 is 9.84 Å². The number of likely N-dealkylation sites (tertiary alicyclic amines) is 1. The van der Waals surface area contributed by atoms with Gasteiger partial charge in [0.05, 0.1) is 18.8 Å². The van der Waals surface area contributed by atoms with Crippen LogP contribution in [0, 0.1) is 11.8 Å². The smallest absolute Gasteiger partial charge is 0.0936 e. The Morgan fingerprint density at radius 3 is 2.85 bits per heavy atom. The minimum Gasteiger partial charge on any atom is -0.393 e. The Kier molecular flexibility index (Phi) is 1.86. The number of aliphatic hydroxyl groups excluding tert-OH is 1. The van der Waals surface area contributed by atoms with Crippen LogP contribution in [0.4, 0.5) is 0 Å². The molecule has 0 aromatic rings. The van der Waals surface area contributed by atoms with Crippen molar-refractivity contribution in [2.45, 2.75) is 25.0 Å². The summed E-state index contributed by atoms with van der Waals surface area (Å²) in [5.41, 5.74) is 0. The number of epoxide rings is 1. The zero-order valence-electron chi connectivity index (χ0n) is 7.85. The van der Waals surface area contributed by atoms with Crippen LogP contribution in [0.2, 0.25) is 0 Å². The fourth-order valence-electron chi connectivity index (χ4n) is 2.94. The lowest BCUT2D eigenvalue weighted by molar-refractivity contribution is 0.123. The zero-order valence-corrected chi connectivity index (χ0v) is 7.85. The SMILES string of the molecule is OC1CCC2CN(C[C@H]3CO3)CC12. The highest BCUT2D eigenvalue weighted by atomic mass is 16.6. The van der Waals surface area contributed by atoms with E-state index >= 15 is 0 Å². The van der Waals surface area contributed by atoms with E-state index in [-0.39, 0.29) is 6.10 Å². The van der Waals surface area contributed by atoms with Gasteiger partial charge in [-0.15, -0.1) is 0 Å². The average Bonchev–Trinajstić information content (AvgIpc) is 2.71. The van der Waals surface area contributed by atoms with E-state index in [9.17, 15) is 5.11 Å². The molecule has 0 spiro atoms. The summed E-state index contributed by atoms with van der Waals surface area (Å²) >= 11 is 0. The molecule has 2 heterocycles. The van der Waals surface area contributed by atoms with Crippen LogP contribution >= 0.6 is 0 Å². The summed E-state index contributed by atoms with van der Waals surface area (Å²) in [6, 6.07) is 0. The molecular weight excluding hydrogens is 166 g/mol. The Labute approximate surface area is 78.7 Å². The second kappa shape index (κ2) is 2.94. The first-order valence-corrected chi connectivity index (χ1v) is 5.35. The summed E-state index contributed by atoms with van der Waals surface area (Å²) < 4.78 is 5.22. The van der Waals surface area contributed by atoms with Crippen LogP contribution in [0.15, 0.2) is 0 Å². The van der Waals surface area contributed by atoms with E-state index in [1.54, 1.807) is 0 Å². The maximum absolute atomic E-state index is 9.71. The highest BCUT2D eigenvalue weighted by molar-refractivity contribution is 4.94. The number of nitrogens with zero attached hydrogens (tertiary/aromatic N) is 1. The Hall–Kier alpha value is -0.120. The molecule has 13 heavy (non-hydrogen) atoms. The normalized spacial score (nSPS) is 49.6. The predicted molar refractivity (Wildman–Crippen MR) is 48.4 cm³/mol. The fraction of sp³-hybridized carbons (Fsp3) is 1.00. The van der Waals surface area contributed by atoms with Gasteiger partial charge in [0.25, 0.3) is 0 Å². The van der Waals surface area contributed by atoms with E-state index in [1.165, 1.54) is 13.0 Å². The topological polar surface area (TPSA) is 36.0 Å². The molecule has 1 N–H and O–H groups in total. The van der Waals surface area contributed by atoms with Gasteiger partial charge in [-0.25, -0.2) is 0 Å². The van der Waals surface area contributed by atoms with Gasteiger partial charge in [0.15, 0.2) is 0 Å². The van der Waals surface area contributed by atoms with Crippen molar-refractivity contribution in [1.82, 2.24) is 4.90 Å². The number of rotatable bonds is 2. The van der Waals surface area contributed by atoms with Crippen molar-refractivity contribution in [2.24, 2.45) is 11.8 Å². The molecule has 2 aliphatic heterocycles. The molecule has 0 radical (unpaired) electrons. The fourth-order valence-corrected chi connectivity index (χ4v) is 2.94. The Bertz CT molecular complexity index is 205. The lowest BCUT2D eigenvalue weighted by atomic mass is 10.00. The van der Waals surface area contributed by atoms with Gasteiger partial charge in [-0.2, -0.15) is 0 Å². The van der Waals surface area contributed by atoms with Crippen LogP contribution in [-0.4, -0.2) is 48.5 Å². The van der Waals surface area contributed by atoms with Crippen molar-refractivity contribution in [3.8, 4) is 0 Å². The highest BCUT2D eigenvalue weighted by Gasteiger charge is 2.42. The van der Waals surface area contributed by atoms with Crippen molar-refractivity contribution in [2.75, 3.05) is 26.2 Å². The van der Waals surface area contributed by atoms with Crippen LogP contribution in [-0.2, 0) is 4.74 Å². The van der Waals surface area contributed by atoms with Gasteiger partial charge >= 0.3 is 0 Å². The summed E-state index contributed by atoms with van der Waals surface area (Å²) in [6.07, 6.45) is 2.75. The van der Waals surface area contributed by atoms with E-state index in [4.69, 9.17) is 4.74 Å². The predicted octanol–water partition coefficient (Wildman–Crippen LogP) is 0.0879. The van der Waals surface area contributed by atoms with E-state index in [2.05, 4.69) is 4.90 Å². The third kappa shape index (κ3) is 1.49. The lowest BCUT2D eigenvalue weighted by Crippen LogP contribution is -2.28. The van der Waals surface area contributed by atoms with Gasteiger partial charge in [-0.05, 0) is 18.8 Å². The molecule has 0 aromatic carbocycles. The first-order valence-electron chi connectivity index (χ1n) is 5.35. The zero-order chi connectivity index (χ0) is 8.84. The third-order valence-corrected chi connectivity index (χ3v) is 3.76. The molecule has 3 unspecified atom stereocenters. The second-order valence-corrected chi connectivity index (χ2v) is 4.74. The van der Waals surface area contributed by atoms with Gasteiger partial charge in [0.1, 0.15) is 0 Å². The molecule has 3 heteroatoms. The van der Waals surface area contributed by atoms with Crippen molar-refractivity contribution in [3.05, 3.63) is 0 Å². The van der Waals surface area contributed by atoms with Gasteiger partial charge in [0.2, 0.25) is 0 Å². The third-order valence-electron chi connectivity index (χ3n) is 3.76. The van der Waals surface area contributed by atoms with E-state index < -0.39 is 0 Å². The van der Waals surface area contributed by atoms with Crippen molar-refractivity contribution in [1.29, 1.82) is 0 Å². The quantitative estimate of drug-likeness (QED) is 0.616. The number of hydrogen-bond donors (Lipinski definition) is 1. The minimum absolute atomic E-state index is 0.0184. The van der Waals surface area contributed by atoms with E-state index in [1.807, 2.05) is 0 Å². The average molecular weight is 183 g/mol. The van der Waals surface area contributed by atoms with Gasteiger partial charge in [-0.1, -0.05) is 0 Å². The van der Waals surface area contributed by atoms with Crippen LogP contribution in [0.5, 0.6) is 0 Å². The Balaban J connectivity index is 1.58. The summed E-state index contributed by atoms with van der Waals surface area (Å²) in [6.45, 7) is 4.35. The van der Waals surface area contributed by atoms with Crippen LogP contribution in [0.1, 0.15) is 12.8 Å². The standard InChI is InChI=1S/C10H17NO2/c12-10-2-1-7-3-11(5-9(7)10)4-8-6-13-8/h7-10,12H,1-6H2/t7?,8-,9?,10?/m0/s1. The van der Waals surface area contributed by atoms with Gasteiger partial charge in [-0.3, -0.25) is 4.90 Å². The van der Waals surface area contributed by atoms with Gasteiger partial charge < -0.3 is 9.84 Å². The largest absolute Gasteiger partial charge is 0.393 e. The maximum atomic E-state index is 9.71. The molecule has 0 bridgehead atoms. The molecule has 3 aliphatic rings. The summed E-state index contributed by atoms with van der Waals surface area (Å²) in [4.78, 5) is 2.47. The van der Waals surface area contributed by atoms with Crippen molar-refractivity contribution >= 4 is 0 Å². The van der Waals surface area contributed by atoms with Crippen molar-refractivity contribution in [3.63, 3.8) is 0 Å². The molecule has 4 atom stereocenters. The van der Waals surface area contributed by atoms with Crippen LogP contribution in [0.25, 0.3) is 0 Å². The molecule has 3 nitrogen and oxygen atoms in total. The number of fused-ring (bicyclic) bond motifs is 1. The Morgan fingerprint density at radius 2 is 2.15 bits per heavy atom. The Morgan fingerprint density at radius 1 is 1.31 bits per heavy atom. The molecular formula is C10H17NO2. The highest BCUT2D eigenvalue weighted by Crippen LogP contribution is 2.38. The molecule has 74 valence electrons. The molecule has 1 aliphatic carbocycles. The first-order chi connectivity index (χ1) is 6.33.